The average Bonchev–Trinajstić information content (AvgIpc) is 2.95. The topological polar surface area (TPSA) is 56.1 Å². The molecule has 5 heteroatoms. The van der Waals surface area contributed by atoms with Gasteiger partial charge in [0.2, 0.25) is 5.91 Å². The quantitative estimate of drug-likeness (QED) is 0.886. The van der Waals surface area contributed by atoms with Crippen LogP contribution >= 0.6 is 0 Å². The van der Waals surface area contributed by atoms with E-state index in [1.807, 2.05) is 42.1 Å². The zero-order valence-corrected chi connectivity index (χ0v) is 14.3. The second-order valence-corrected chi connectivity index (χ2v) is 6.47. The van der Waals surface area contributed by atoms with Gasteiger partial charge in [-0.25, -0.2) is 0 Å². The summed E-state index contributed by atoms with van der Waals surface area (Å²) in [5.74, 6) is 0.850. The first-order valence-corrected chi connectivity index (χ1v) is 7.95. The summed E-state index contributed by atoms with van der Waals surface area (Å²) in [5.41, 5.74) is 1.76. The van der Waals surface area contributed by atoms with Crippen LogP contribution in [0, 0.1) is 0 Å². The summed E-state index contributed by atoms with van der Waals surface area (Å²) in [6.07, 6.45) is 4.68. The number of benzene rings is 1. The molecule has 2 aromatic rings. The van der Waals surface area contributed by atoms with E-state index in [1.54, 1.807) is 6.20 Å². The van der Waals surface area contributed by atoms with E-state index in [1.165, 1.54) is 0 Å². The van der Waals surface area contributed by atoms with Crippen LogP contribution in [-0.4, -0.2) is 22.3 Å². The van der Waals surface area contributed by atoms with Gasteiger partial charge in [0, 0.05) is 12.6 Å². The predicted octanol–water partition coefficient (Wildman–Crippen LogP) is 3.61. The highest BCUT2D eigenvalue weighted by Gasteiger charge is 2.14. The molecule has 23 heavy (non-hydrogen) atoms. The van der Waals surface area contributed by atoms with Gasteiger partial charge in [0.05, 0.1) is 24.0 Å². The SMILES string of the molecule is CCOc1ccc(CCC(=O)Nc2cnn(C(C)(C)C)c2)cc1. The van der Waals surface area contributed by atoms with Crippen LogP contribution in [0.4, 0.5) is 5.69 Å². The van der Waals surface area contributed by atoms with E-state index >= 15 is 0 Å². The molecule has 1 aromatic heterocycles. The van der Waals surface area contributed by atoms with E-state index in [9.17, 15) is 4.79 Å². The number of anilines is 1. The van der Waals surface area contributed by atoms with Gasteiger partial charge in [-0.05, 0) is 51.8 Å². The second kappa shape index (κ2) is 7.31. The van der Waals surface area contributed by atoms with Crippen molar-refractivity contribution in [2.75, 3.05) is 11.9 Å². The van der Waals surface area contributed by atoms with Crippen molar-refractivity contribution >= 4 is 11.6 Å². The van der Waals surface area contributed by atoms with Gasteiger partial charge in [0.25, 0.3) is 0 Å². The number of aromatic nitrogens is 2. The molecule has 0 saturated carbocycles. The number of aryl methyl sites for hydroxylation is 1. The van der Waals surface area contributed by atoms with Crippen molar-refractivity contribution in [3.8, 4) is 5.75 Å². The minimum Gasteiger partial charge on any atom is -0.494 e. The monoisotopic (exact) mass is 315 g/mol. The van der Waals surface area contributed by atoms with Crippen LogP contribution in [0.1, 0.15) is 39.7 Å². The summed E-state index contributed by atoms with van der Waals surface area (Å²) in [6, 6.07) is 7.86. The zero-order chi connectivity index (χ0) is 16.9. The summed E-state index contributed by atoms with van der Waals surface area (Å²) in [4.78, 5) is 12.0. The highest BCUT2D eigenvalue weighted by Crippen LogP contribution is 2.17. The lowest BCUT2D eigenvalue weighted by Crippen LogP contribution is -2.22. The maximum atomic E-state index is 12.0. The Balaban J connectivity index is 1.84. The Kier molecular flexibility index (Phi) is 5.42. The molecule has 0 fully saturated rings. The third-order valence-electron chi connectivity index (χ3n) is 3.43. The van der Waals surface area contributed by atoms with E-state index in [4.69, 9.17) is 4.74 Å². The normalized spacial score (nSPS) is 11.3. The summed E-state index contributed by atoms with van der Waals surface area (Å²) in [6.45, 7) is 8.82. The molecule has 0 aliphatic heterocycles. The van der Waals surface area contributed by atoms with Gasteiger partial charge >= 0.3 is 0 Å². The van der Waals surface area contributed by atoms with Gasteiger partial charge in [0.1, 0.15) is 5.75 Å². The van der Waals surface area contributed by atoms with E-state index in [0.29, 0.717) is 19.4 Å². The maximum absolute atomic E-state index is 12.0. The molecule has 1 aromatic carbocycles. The average molecular weight is 315 g/mol. The van der Waals surface area contributed by atoms with Crippen molar-refractivity contribution in [3.63, 3.8) is 0 Å². The smallest absolute Gasteiger partial charge is 0.224 e. The molecule has 2 rings (SSSR count). The Morgan fingerprint density at radius 1 is 1.26 bits per heavy atom. The molecule has 1 heterocycles. The highest BCUT2D eigenvalue weighted by atomic mass is 16.5. The molecule has 124 valence electrons. The van der Waals surface area contributed by atoms with Gasteiger partial charge in [-0.1, -0.05) is 12.1 Å². The van der Waals surface area contributed by atoms with E-state index in [2.05, 4.69) is 31.2 Å². The Morgan fingerprint density at radius 2 is 1.96 bits per heavy atom. The fourth-order valence-corrected chi connectivity index (χ4v) is 2.15. The molecule has 0 aliphatic rings. The number of carbonyl (C=O) groups excluding carboxylic acids is 1. The minimum absolute atomic E-state index is 0.00709. The number of amides is 1. The molecule has 0 bridgehead atoms. The second-order valence-electron chi connectivity index (χ2n) is 6.47. The fraction of sp³-hybridized carbons (Fsp3) is 0.444. The number of hydrogen-bond donors (Lipinski definition) is 1. The van der Waals surface area contributed by atoms with Crippen molar-refractivity contribution in [1.82, 2.24) is 9.78 Å². The number of hydrogen-bond acceptors (Lipinski definition) is 3. The van der Waals surface area contributed by atoms with E-state index in [0.717, 1.165) is 17.0 Å². The van der Waals surface area contributed by atoms with Gasteiger partial charge in [0.15, 0.2) is 0 Å². The molecular weight excluding hydrogens is 290 g/mol. The molecule has 0 radical (unpaired) electrons. The van der Waals surface area contributed by atoms with Crippen molar-refractivity contribution < 1.29 is 9.53 Å². The Labute approximate surface area is 137 Å². The largest absolute Gasteiger partial charge is 0.494 e. The van der Waals surface area contributed by atoms with Crippen LogP contribution in [0.25, 0.3) is 0 Å². The maximum Gasteiger partial charge on any atom is 0.224 e. The van der Waals surface area contributed by atoms with Gasteiger partial charge < -0.3 is 10.1 Å². The number of nitrogens with one attached hydrogen (secondary N) is 1. The molecular formula is C18H25N3O2. The Bertz CT molecular complexity index is 639. The van der Waals surface area contributed by atoms with Crippen LogP contribution in [-0.2, 0) is 16.8 Å². The molecule has 1 N–H and O–H groups in total. The van der Waals surface area contributed by atoms with Crippen LogP contribution in [0.3, 0.4) is 0 Å². The van der Waals surface area contributed by atoms with Gasteiger partial charge in [-0.3, -0.25) is 9.48 Å². The molecule has 5 nitrogen and oxygen atoms in total. The molecule has 0 saturated heterocycles. The standard InChI is InChI=1S/C18H25N3O2/c1-5-23-16-9-6-14(7-10-16)8-11-17(22)20-15-12-19-21(13-15)18(2,3)4/h6-7,9-10,12-13H,5,8,11H2,1-4H3,(H,20,22). The summed E-state index contributed by atoms with van der Waals surface area (Å²) < 4.78 is 7.25. The van der Waals surface area contributed by atoms with Crippen LogP contribution in [0.5, 0.6) is 5.75 Å². The number of nitrogens with zero attached hydrogens (tertiary/aromatic N) is 2. The van der Waals surface area contributed by atoms with Crippen molar-refractivity contribution in [1.29, 1.82) is 0 Å². The van der Waals surface area contributed by atoms with E-state index in [-0.39, 0.29) is 11.4 Å². The molecule has 1 amide bonds. The lowest BCUT2D eigenvalue weighted by molar-refractivity contribution is -0.116. The molecule has 0 spiro atoms. The highest BCUT2D eigenvalue weighted by molar-refractivity contribution is 5.90. The van der Waals surface area contributed by atoms with Gasteiger partial charge in [-0.15, -0.1) is 0 Å². The lowest BCUT2D eigenvalue weighted by atomic mass is 10.1. The minimum atomic E-state index is -0.0920. The third kappa shape index (κ3) is 5.13. The summed E-state index contributed by atoms with van der Waals surface area (Å²) in [5, 5.41) is 7.16. The van der Waals surface area contributed by atoms with Crippen molar-refractivity contribution in [2.45, 2.75) is 46.1 Å². The first kappa shape index (κ1) is 17.1. The van der Waals surface area contributed by atoms with E-state index < -0.39 is 0 Å². The van der Waals surface area contributed by atoms with Crippen molar-refractivity contribution in [3.05, 3.63) is 42.2 Å². The van der Waals surface area contributed by atoms with Crippen molar-refractivity contribution in [2.24, 2.45) is 0 Å². The Hall–Kier alpha value is -2.30. The number of rotatable bonds is 6. The van der Waals surface area contributed by atoms with Crippen LogP contribution in [0.2, 0.25) is 0 Å². The predicted molar refractivity (Wildman–Crippen MR) is 91.8 cm³/mol. The molecule has 0 atom stereocenters. The van der Waals surface area contributed by atoms with Gasteiger partial charge in [-0.2, -0.15) is 5.10 Å². The third-order valence-corrected chi connectivity index (χ3v) is 3.43. The molecule has 0 aliphatic carbocycles. The first-order chi connectivity index (χ1) is 10.9. The lowest BCUT2D eigenvalue weighted by Gasteiger charge is -2.18. The number of ether oxygens (including phenoxy) is 1. The van der Waals surface area contributed by atoms with Crippen LogP contribution in [0.15, 0.2) is 36.7 Å². The Morgan fingerprint density at radius 3 is 2.52 bits per heavy atom. The zero-order valence-electron chi connectivity index (χ0n) is 14.3. The van der Waals surface area contributed by atoms with Crippen LogP contribution < -0.4 is 10.1 Å². The molecule has 0 unspecified atom stereocenters. The number of carbonyl (C=O) groups is 1. The summed E-state index contributed by atoms with van der Waals surface area (Å²) >= 11 is 0. The fourth-order valence-electron chi connectivity index (χ4n) is 2.15. The first-order valence-electron chi connectivity index (χ1n) is 7.95. The summed E-state index contributed by atoms with van der Waals surface area (Å²) in [7, 11) is 0.